The minimum absolute atomic E-state index is 0.0343. The van der Waals surface area contributed by atoms with Gasteiger partial charge in [-0.3, -0.25) is 4.79 Å². The standard InChI is InChI=1S/C19H28N2O5S/c1-14(2)5-8-20-19(22)15-6-9-21(10-7-15)27(23,24)16-3-4-17-18(13-16)26-12-11-25-17/h3-4,13-15H,5-12H2,1-2H3,(H,20,22). The first-order valence-corrected chi connectivity index (χ1v) is 11.0. The second-order valence-corrected chi connectivity index (χ2v) is 9.40. The molecule has 2 aliphatic heterocycles. The molecule has 3 rings (SSSR count). The first kappa shape index (κ1) is 19.9. The van der Waals surface area contributed by atoms with Crippen LogP contribution in [-0.2, 0) is 14.8 Å². The van der Waals surface area contributed by atoms with Gasteiger partial charge in [-0.1, -0.05) is 13.8 Å². The van der Waals surface area contributed by atoms with Gasteiger partial charge < -0.3 is 14.8 Å². The molecule has 1 saturated heterocycles. The molecule has 2 aliphatic rings. The average Bonchev–Trinajstić information content (AvgIpc) is 2.67. The third kappa shape index (κ3) is 4.73. The van der Waals surface area contributed by atoms with Crippen LogP contribution in [0.2, 0.25) is 0 Å². The monoisotopic (exact) mass is 396 g/mol. The molecular formula is C19H28N2O5S. The molecule has 0 spiro atoms. The number of sulfonamides is 1. The van der Waals surface area contributed by atoms with E-state index < -0.39 is 10.0 Å². The van der Waals surface area contributed by atoms with Crippen LogP contribution < -0.4 is 14.8 Å². The Kier molecular flexibility index (Phi) is 6.26. The zero-order valence-electron chi connectivity index (χ0n) is 15.9. The number of benzene rings is 1. The number of fused-ring (bicyclic) bond motifs is 1. The zero-order valence-corrected chi connectivity index (χ0v) is 16.8. The number of nitrogens with zero attached hydrogens (tertiary/aromatic N) is 1. The Morgan fingerprint density at radius 2 is 1.85 bits per heavy atom. The van der Waals surface area contributed by atoms with Crippen molar-refractivity contribution >= 4 is 15.9 Å². The summed E-state index contributed by atoms with van der Waals surface area (Å²) in [5.74, 6) is 1.48. The van der Waals surface area contributed by atoms with Gasteiger partial charge >= 0.3 is 0 Å². The molecule has 150 valence electrons. The molecule has 0 aliphatic carbocycles. The van der Waals surface area contributed by atoms with Gasteiger partial charge in [0, 0.05) is 31.6 Å². The minimum Gasteiger partial charge on any atom is -0.486 e. The van der Waals surface area contributed by atoms with Crippen molar-refractivity contribution in [3.63, 3.8) is 0 Å². The Bertz CT molecular complexity index is 770. The third-order valence-electron chi connectivity index (χ3n) is 5.00. The summed E-state index contributed by atoms with van der Waals surface area (Å²) >= 11 is 0. The van der Waals surface area contributed by atoms with E-state index in [1.807, 2.05) is 0 Å². The fourth-order valence-corrected chi connectivity index (χ4v) is 4.81. The largest absolute Gasteiger partial charge is 0.486 e. The minimum atomic E-state index is -3.61. The van der Waals surface area contributed by atoms with Crippen LogP contribution in [0.5, 0.6) is 11.5 Å². The highest BCUT2D eigenvalue weighted by atomic mass is 32.2. The van der Waals surface area contributed by atoms with Crippen molar-refractivity contribution in [2.45, 2.75) is 38.0 Å². The molecule has 8 heteroatoms. The summed E-state index contributed by atoms with van der Waals surface area (Å²) in [7, 11) is -3.61. The number of rotatable bonds is 6. The summed E-state index contributed by atoms with van der Waals surface area (Å²) in [6.07, 6.45) is 2.03. The van der Waals surface area contributed by atoms with E-state index >= 15 is 0 Å². The zero-order chi connectivity index (χ0) is 19.4. The molecular weight excluding hydrogens is 368 g/mol. The van der Waals surface area contributed by atoms with Crippen LogP contribution in [0.15, 0.2) is 23.1 Å². The number of piperidine rings is 1. The highest BCUT2D eigenvalue weighted by Gasteiger charge is 2.32. The maximum atomic E-state index is 12.9. The number of ether oxygens (including phenoxy) is 2. The molecule has 0 bridgehead atoms. The molecule has 2 heterocycles. The van der Waals surface area contributed by atoms with Gasteiger partial charge in [0.15, 0.2) is 11.5 Å². The SMILES string of the molecule is CC(C)CCNC(=O)C1CCN(S(=O)(=O)c2ccc3c(c2)OCCO3)CC1. The maximum absolute atomic E-state index is 12.9. The molecule has 1 fully saturated rings. The Morgan fingerprint density at radius 3 is 2.52 bits per heavy atom. The van der Waals surface area contributed by atoms with Crippen LogP contribution in [0.4, 0.5) is 0 Å². The molecule has 1 aromatic rings. The van der Waals surface area contributed by atoms with Gasteiger partial charge in [-0.25, -0.2) is 8.42 Å². The molecule has 0 atom stereocenters. The van der Waals surface area contributed by atoms with Crippen LogP contribution in [0, 0.1) is 11.8 Å². The predicted molar refractivity (Wildman–Crippen MR) is 101 cm³/mol. The van der Waals surface area contributed by atoms with Crippen LogP contribution >= 0.6 is 0 Å². The summed E-state index contributed by atoms with van der Waals surface area (Å²) < 4.78 is 38.2. The van der Waals surface area contributed by atoms with Gasteiger partial charge in [-0.2, -0.15) is 4.31 Å². The second-order valence-electron chi connectivity index (χ2n) is 7.46. The van der Waals surface area contributed by atoms with Crippen molar-refractivity contribution in [2.75, 3.05) is 32.8 Å². The van der Waals surface area contributed by atoms with E-state index in [1.54, 1.807) is 12.1 Å². The highest BCUT2D eigenvalue weighted by Crippen LogP contribution is 2.34. The number of amides is 1. The molecule has 0 radical (unpaired) electrons. The average molecular weight is 397 g/mol. The van der Waals surface area contributed by atoms with Gasteiger partial charge in [0.2, 0.25) is 15.9 Å². The van der Waals surface area contributed by atoms with Gasteiger partial charge in [-0.05, 0) is 37.3 Å². The van der Waals surface area contributed by atoms with Gasteiger partial charge in [0.05, 0.1) is 4.90 Å². The summed E-state index contributed by atoms with van der Waals surface area (Å²) in [6.45, 7) is 6.48. The van der Waals surface area contributed by atoms with E-state index in [2.05, 4.69) is 19.2 Å². The normalized spacial score (nSPS) is 18.5. The molecule has 0 saturated carbocycles. The van der Waals surface area contributed by atoms with Crippen LogP contribution in [0.1, 0.15) is 33.1 Å². The Balaban J connectivity index is 1.59. The van der Waals surface area contributed by atoms with E-state index in [-0.39, 0.29) is 16.7 Å². The molecule has 0 unspecified atom stereocenters. The second kappa shape index (κ2) is 8.48. The molecule has 1 aromatic carbocycles. The first-order valence-electron chi connectivity index (χ1n) is 9.55. The Hall–Kier alpha value is -1.80. The van der Waals surface area contributed by atoms with E-state index in [9.17, 15) is 13.2 Å². The molecule has 27 heavy (non-hydrogen) atoms. The number of nitrogens with one attached hydrogen (secondary N) is 1. The molecule has 1 N–H and O–H groups in total. The lowest BCUT2D eigenvalue weighted by molar-refractivity contribution is -0.126. The van der Waals surface area contributed by atoms with Gasteiger partial charge in [0.1, 0.15) is 13.2 Å². The van der Waals surface area contributed by atoms with E-state index in [1.165, 1.54) is 10.4 Å². The summed E-state index contributed by atoms with van der Waals surface area (Å²) in [5, 5.41) is 2.97. The van der Waals surface area contributed by atoms with E-state index in [4.69, 9.17) is 9.47 Å². The van der Waals surface area contributed by atoms with E-state index in [0.29, 0.717) is 63.1 Å². The number of hydrogen-bond donors (Lipinski definition) is 1. The number of carbonyl (C=O) groups is 1. The molecule has 7 nitrogen and oxygen atoms in total. The summed E-state index contributed by atoms with van der Waals surface area (Å²) in [4.78, 5) is 12.5. The summed E-state index contributed by atoms with van der Waals surface area (Å²) in [6, 6.07) is 4.71. The van der Waals surface area contributed by atoms with Crippen LogP contribution in [-0.4, -0.2) is 51.5 Å². The van der Waals surface area contributed by atoms with Crippen molar-refractivity contribution < 1.29 is 22.7 Å². The van der Waals surface area contributed by atoms with Crippen molar-refractivity contribution in [3.8, 4) is 11.5 Å². The van der Waals surface area contributed by atoms with Crippen molar-refractivity contribution in [3.05, 3.63) is 18.2 Å². The van der Waals surface area contributed by atoms with Crippen LogP contribution in [0.25, 0.3) is 0 Å². The van der Waals surface area contributed by atoms with Crippen LogP contribution in [0.3, 0.4) is 0 Å². The quantitative estimate of drug-likeness (QED) is 0.795. The van der Waals surface area contributed by atoms with Crippen molar-refractivity contribution in [2.24, 2.45) is 11.8 Å². The lowest BCUT2D eigenvalue weighted by atomic mass is 9.97. The molecule has 0 aromatic heterocycles. The highest BCUT2D eigenvalue weighted by molar-refractivity contribution is 7.89. The maximum Gasteiger partial charge on any atom is 0.243 e. The summed E-state index contributed by atoms with van der Waals surface area (Å²) in [5.41, 5.74) is 0. The topological polar surface area (TPSA) is 84.9 Å². The Labute approximate surface area is 161 Å². The fourth-order valence-electron chi connectivity index (χ4n) is 3.32. The molecule has 1 amide bonds. The van der Waals surface area contributed by atoms with Gasteiger partial charge in [0.25, 0.3) is 0 Å². The number of carbonyl (C=O) groups excluding carboxylic acids is 1. The van der Waals surface area contributed by atoms with E-state index in [0.717, 1.165) is 6.42 Å². The van der Waals surface area contributed by atoms with Crippen molar-refractivity contribution in [1.29, 1.82) is 0 Å². The lowest BCUT2D eigenvalue weighted by Crippen LogP contribution is -2.43. The van der Waals surface area contributed by atoms with Crippen molar-refractivity contribution in [1.82, 2.24) is 9.62 Å². The predicted octanol–water partition coefficient (Wildman–Crippen LogP) is 2.02. The smallest absolute Gasteiger partial charge is 0.243 e. The third-order valence-corrected chi connectivity index (χ3v) is 6.89. The first-order chi connectivity index (χ1) is 12.9. The Morgan fingerprint density at radius 1 is 1.19 bits per heavy atom. The number of hydrogen-bond acceptors (Lipinski definition) is 5. The lowest BCUT2D eigenvalue weighted by Gasteiger charge is -2.31. The fraction of sp³-hybridized carbons (Fsp3) is 0.632. The van der Waals surface area contributed by atoms with Gasteiger partial charge in [-0.15, -0.1) is 0 Å².